The van der Waals surface area contributed by atoms with Crippen molar-refractivity contribution in [3.63, 3.8) is 0 Å². The molecule has 0 saturated carbocycles. The SMILES string of the molecule is O=C(O)CCNC(=O)NCCc1nc(C(F)(F)F)cs1. The molecule has 0 saturated heterocycles. The largest absolute Gasteiger partial charge is 0.481 e. The number of alkyl halides is 3. The van der Waals surface area contributed by atoms with Gasteiger partial charge in [-0.05, 0) is 0 Å². The van der Waals surface area contributed by atoms with Gasteiger partial charge in [-0.15, -0.1) is 11.3 Å². The zero-order valence-corrected chi connectivity index (χ0v) is 11.0. The Bertz CT molecular complexity index is 476. The molecule has 1 aromatic heterocycles. The molecule has 2 amide bonds. The molecule has 112 valence electrons. The predicted molar refractivity (Wildman–Crippen MR) is 64.5 cm³/mol. The lowest BCUT2D eigenvalue weighted by molar-refractivity contribution is -0.141. The summed E-state index contributed by atoms with van der Waals surface area (Å²) in [6.07, 6.45) is -4.49. The average Bonchev–Trinajstić information content (AvgIpc) is 2.77. The van der Waals surface area contributed by atoms with Crippen molar-refractivity contribution in [3.05, 3.63) is 16.1 Å². The summed E-state index contributed by atoms with van der Waals surface area (Å²) in [5.41, 5.74) is -0.941. The summed E-state index contributed by atoms with van der Waals surface area (Å²) in [6.45, 7) is 0.0976. The number of rotatable bonds is 6. The van der Waals surface area contributed by atoms with Crippen LogP contribution in [0.2, 0.25) is 0 Å². The summed E-state index contributed by atoms with van der Waals surface area (Å²) < 4.78 is 36.8. The van der Waals surface area contributed by atoms with Gasteiger partial charge in [-0.2, -0.15) is 13.2 Å². The third-order valence-electron chi connectivity index (χ3n) is 2.09. The molecule has 0 aliphatic rings. The van der Waals surface area contributed by atoms with Gasteiger partial charge in [0, 0.05) is 24.9 Å². The number of aliphatic carboxylic acids is 1. The highest BCUT2D eigenvalue weighted by atomic mass is 32.1. The van der Waals surface area contributed by atoms with Crippen LogP contribution in [0.3, 0.4) is 0 Å². The van der Waals surface area contributed by atoms with Gasteiger partial charge in [-0.1, -0.05) is 0 Å². The molecule has 10 heteroatoms. The molecule has 0 bridgehead atoms. The summed E-state index contributed by atoms with van der Waals surface area (Å²) in [7, 11) is 0. The molecule has 6 nitrogen and oxygen atoms in total. The quantitative estimate of drug-likeness (QED) is 0.742. The number of urea groups is 1. The van der Waals surface area contributed by atoms with Crippen LogP contribution in [0, 0.1) is 0 Å². The summed E-state index contributed by atoms with van der Waals surface area (Å²) in [6, 6.07) is -0.571. The highest BCUT2D eigenvalue weighted by Gasteiger charge is 2.33. The number of amides is 2. The number of halogens is 3. The standard InChI is InChI=1S/C10H12F3N3O3S/c11-10(12,13)6-5-20-7(16-6)1-3-14-9(19)15-4-2-8(17)18/h5H,1-4H2,(H,17,18)(H2,14,15,19). The van der Waals surface area contributed by atoms with E-state index in [0.29, 0.717) is 0 Å². The molecular formula is C10H12F3N3O3S. The van der Waals surface area contributed by atoms with Crippen LogP contribution >= 0.6 is 11.3 Å². The molecule has 1 aromatic rings. The molecule has 0 fully saturated rings. The average molecular weight is 311 g/mol. The normalized spacial score (nSPS) is 11.2. The predicted octanol–water partition coefficient (Wildman–Crippen LogP) is 1.48. The van der Waals surface area contributed by atoms with Crippen LogP contribution in [-0.2, 0) is 17.4 Å². The van der Waals surface area contributed by atoms with E-state index in [1.165, 1.54) is 0 Å². The fourth-order valence-corrected chi connectivity index (χ4v) is 1.99. The Labute approximate surface area is 116 Å². The fraction of sp³-hybridized carbons (Fsp3) is 0.500. The van der Waals surface area contributed by atoms with Crippen molar-refractivity contribution in [2.45, 2.75) is 19.0 Å². The van der Waals surface area contributed by atoms with Crippen molar-refractivity contribution in [2.75, 3.05) is 13.1 Å². The fourth-order valence-electron chi connectivity index (χ4n) is 1.18. The van der Waals surface area contributed by atoms with Crippen LogP contribution in [0.15, 0.2) is 5.38 Å². The van der Waals surface area contributed by atoms with Crippen LogP contribution in [0.1, 0.15) is 17.1 Å². The van der Waals surface area contributed by atoms with Gasteiger partial charge in [0.15, 0.2) is 5.69 Å². The van der Waals surface area contributed by atoms with Gasteiger partial charge in [0.25, 0.3) is 0 Å². The molecule has 0 atom stereocenters. The summed E-state index contributed by atoms with van der Waals surface area (Å²) in [5, 5.41) is 14.2. The Balaban J connectivity index is 2.25. The maximum Gasteiger partial charge on any atom is 0.434 e. The first kappa shape index (κ1) is 16.2. The number of nitrogens with one attached hydrogen (secondary N) is 2. The van der Waals surface area contributed by atoms with E-state index < -0.39 is 23.9 Å². The number of nitrogens with zero attached hydrogens (tertiary/aromatic N) is 1. The second kappa shape index (κ2) is 7.08. The maximum absolute atomic E-state index is 12.3. The van der Waals surface area contributed by atoms with Crippen molar-refractivity contribution in [1.29, 1.82) is 0 Å². The molecule has 3 N–H and O–H groups in total. The topological polar surface area (TPSA) is 91.3 Å². The van der Waals surface area contributed by atoms with Gasteiger partial charge in [-0.3, -0.25) is 4.79 Å². The minimum Gasteiger partial charge on any atom is -0.481 e. The molecule has 1 heterocycles. The highest BCUT2D eigenvalue weighted by molar-refractivity contribution is 7.09. The Morgan fingerprint density at radius 1 is 1.30 bits per heavy atom. The zero-order valence-electron chi connectivity index (χ0n) is 10.2. The van der Waals surface area contributed by atoms with Crippen molar-refractivity contribution in [3.8, 4) is 0 Å². The Morgan fingerprint density at radius 2 is 1.95 bits per heavy atom. The lowest BCUT2D eigenvalue weighted by Crippen LogP contribution is -2.37. The molecule has 0 aromatic carbocycles. The van der Waals surface area contributed by atoms with Gasteiger partial charge in [-0.25, -0.2) is 9.78 Å². The van der Waals surface area contributed by atoms with Crippen molar-refractivity contribution in [2.24, 2.45) is 0 Å². The third-order valence-corrected chi connectivity index (χ3v) is 3.00. The first-order chi connectivity index (χ1) is 9.29. The highest BCUT2D eigenvalue weighted by Crippen LogP contribution is 2.29. The van der Waals surface area contributed by atoms with Crippen molar-refractivity contribution >= 4 is 23.3 Å². The minimum atomic E-state index is -4.46. The monoisotopic (exact) mass is 311 g/mol. The minimum absolute atomic E-state index is 0.0172. The molecule has 0 aliphatic heterocycles. The van der Waals surface area contributed by atoms with Gasteiger partial charge in [0.2, 0.25) is 0 Å². The molecule has 20 heavy (non-hydrogen) atoms. The molecule has 0 radical (unpaired) electrons. The van der Waals surface area contributed by atoms with E-state index in [1.807, 2.05) is 0 Å². The second-order valence-corrected chi connectivity index (χ2v) is 4.64. The summed E-state index contributed by atoms with van der Waals surface area (Å²) >= 11 is 0.869. The van der Waals surface area contributed by atoms with Crippen LogP contribution < -0.4 is 10.6 Å². The van der Waals surface area contributed by atoms with E-state index in [4.69, 9.17) is 5.11 Å². The van der Waals surface area contributed by atoms with E-state index in [0.717, 1.165) is 16.7 Å². The van der Waals surface area contributed by atoms with E-state index in [9.17, 15) is 22.8 Å². The van der Waals surface area contributed by atoms with Crippen LogP contribution in [0.25, 0.3) is 0 Å². The number of hydrogen-bond donors (Lipinski definition) is 3. The van der Waals surface area contributed by atoms with Crippen molar-refractivity contribution in [1.82, 2.24) is 15.6 Å². The van der Waals surface area contributed by atoms with E-state index in [1.54, 1.807) is 0 Å². The lowest BCUT2D eigenvalue weighted by Gasteiger charge is -2.05. The van der Waals surface area contributed by atoms with Crippen LogP contribution in [0.5, 0.6) is 0 Å². The van der Waals surface area contributed by atoms with Gasteiger partial charge >= 0.3 is 18.2 Å². The molecule has 0 spiro atoms. The lowest BCUT2D eigenvalue weighted by atomic mass is 10.4. The molecule has 0 aliphatic carbocycles. The first-order valence-electron chi connectivity index (χ1n) is 5.54. The first-order valence-corrected chi connectivity index (χ1v) is 6.42. The van der Waals surface area contributed by atoms with Crippen LogP contribution in [0.4, 0.5) is 18.0 Å². The Kier molecular flexibility index (Phi) is 5.74. The second-order valence-electron chi connectivity index (χ2n) is 3.70. The number of carboxylic acids is 1. The zero-order chi connectivity index (χ0) is 15.2. The van der Waals surface area contributed by atoms with Gasteiger partial charge in [0.05, 0.1) is 11.4 Å². The summed E-state index contributed by atoms with van der Waals surface area (Å²) in [5.74, 6) is -1.03. The maximum atomic E-state index is 12.3. The molecule has 0 unspecified atom stereocenters. The van der Waals surface area contributed by atoms with E-state index >= 15 is 0 Å². The summed E-state index contributed by atoms with van der Waals surface area (Å²) in [4.78, 5) is 24.8. The van der Waals surface area contributed by atoms with E-state index in [2.05, 4.69) is 15.6 Å². The number of hydrogen-bond acceptors (Lipinski definition) is 4. The third kappa shape index (κ3) is 5.87. The van der Waals surface area contributed by atoms with Gasteiger partial charge in [0.1, 0.15) is 0 Å². The van der Waals surface area contributed by atoms with Gasteiger partial charge < -0.3 is 15.7 Å². The number of thiazole rings is 1. The smallest absolute Gasteiger partial charge is 0.434 e. The number of carbonyl (C=O) groups excluding carboxylic acids is 1. The number of aromatic nitrogens is 1. The number of carboxylic acid groups (broad SMARTS) is 1. The molecular weight excluding hydrogens is 299 g/mol. The Morgan fingerprint density at radius 3 is 2.50 bits per heavy atom. The van der Waals surface area contributed by atoms with E-state index in [-0.39, 0.29) is 30.9 Å². The van der Waals surface area contributed by atoms with Crippen molar-refractivity contribution < 1.29 is 27.9 Å². The van der Waals surface area contributed by atoms with Crippen LogP contribution in [-0.4, -0.2) is 35.2 Å². The number of carbonyl (C=O) groups is 2. The molecule has 1 rings (SSSR count). The Hall–Kier alpha value is -1.84.